The molecule has 0 N–H and O–H groups in total. The van der Waals surface area contributed by atoms with E-state index in [0.29, 0.717) is 5.92 Å². The van der Waals surface area contributed by atoms with Crippen molar-refractivity contribution in [3.05, 3.63) is 88.5 Å². The Kier molecular flexibility index (Phi) is 2.98. The number of benzene rings is 2. The van der Waals surface area contributed by atoms with E-state index in [1.807, 2.05) is 6.20 Å². The van der Waals surface area contributed by atoms with Crippen molar-refractivity contribution in [2.75, 3.05) is 0 Å². The van der Waals surface area contributed by atoms with E-state index in [-0.39, 0.29) is 5.92 Å². The Balaban J connectivity index is 1.70. The first-order valence-electron chi connectivity index (χ1n) is 10.8. The molecule has 0 saturated heterocycles. The highest BCUT2D eigenvalue weighted by Crippen LogP contribution is 2.56. The fraction of sp³-hybridized carbons (Fsp3) is 0.222. The van der Waals surface area contributed by atoms with Crippen molar-refractivity contribution >= 4 is 27.5 Å². The first-order valence-corrected chi connectivity index (χ1v) is 10.8. The van der Waals surface area contributed by atoms with E-state index in [9.17, 15) is 0 Å². The summed E-state index contributed by atoms with van der Waals surface area (Å²) in [6.45, 7) is 6.92. The maximum atomic E-state index is 6.54. The zero-order valence-electron chi connectivity index (χ0n) is 17.4. The van der Waals surface area contributed by atoms with Gasteiger partial charge >= 0.3 is 0 Å². The number of allylic oxidation sites excluding steroid dienone is 6. The molecule has 0 spiro atoms. The molecule has 0 amide bonds. The van der Waals surface area contributed by atoms with Crippen molar-refractivity contribution in [1.29, 1.82) is 0 Å². The Morgan fingerprint density at radius 3 is 2.83 bits per heavy atom. The number of rotatable bonds is 1. The monoisotopic (exact) mass is 390 g/mol. The fourth-order valence-corrected chi connectivity index (χ4v) is 5.78. The number of hydrogen-bond acceptors (Lipinski definition) is 2. The summed E-state index contributed by atoms with van der Waals surface area (Å²) in [7, 11) is 0. The van der Waals surface area contributed by atoms with Crippen molar-refractivity contribution in [1.82, 2.24) is 9.55 Å². The van der Waals surface area contributed by atoms with Gasteiger partial charge in [-0.05, 0) is 46.8 Å². The number of hydrogen-bond donors (Lipinski definition) is 0. The Bertz CT molecular complexity index is 1500. The van der Waals surface area contributed by atoms with Gasteiger partial charge in [0.2, 0.25) is 0 Å². The molecule has 1 aliphatic heterocycles. The standard InChI is InChI=1S/C27H22N2O/c1-14(2)19-13-20-16-7-4-5-10-21(16)30-26(20)23-15(3)22-17-8-6-9-18(22)24(17)27-28-11-12-29(27)25(19)23/h4-8,10-15H,9H2,1-3H3. The second kappa shape index (κ2) is 5.42. The first-order chi connectivity index (χ1) is 14.6. The van der Waals surface area contributed by atoms with E-state index in [1.54, 1.807) is 0 Å². The minimum absolute atomic E-state index is 0.274. The highest BCUT2D eigenvalue weighted by atomic mass is 16.3. The lowest BCUT2D eigenvalue weighted by molar-refractivity contribution is 0.654. The third kappa shape index (κ3) is 1.80. The molecule has 4 aromatic rings. The number of nitrogens with zero attached hydrogens (tertiary/aromatic N) is 2. The lowest BCUT2D eigenvalue weighted by atomic mass is 9.67. The van der Waals surface area contributed by atoms with Crippen LogP contribution in [0.15, 0.2) is 76.0 Å². The van der Waals surface area contributed by atoms with Gasteiger partial charge in [0.15, 0.2) is 0 Å². The molecule has 3 heterocycles. The highest BCUT2D eigenvalue weighted by molar-refractivity contribution is 6.08. The van der Waals surface area contributed by atoms with E-state index in [0.717, 1.165) is 23.4 Å². The van der Waals surface area contributed by atoms with Crippen molar-refractivity contribution in [3.8, 4) is 5.69 Å². The highest BCUT2D eigenvalue weighted by Gasteiger charge is 2.40. The Morgan fingerprint density at radius 2 is 2.03 bits per heavy atom. The number of fused-ring (bicyclic) bond motifs is 8. The molecule has 3 nitrogen and oxygen atoms in total. The lowest BCUT2D eigenvalue weighted by Gasteiger charge is -2.39. The normalized spacial score (nSPS) is 19.3. The molecule has 2 aromatic carbocycles. The van der Waals surface area contributed by atoms with E-state index in [2.05, 4.69) is 74.0 Å². The zero-order valence-corrected chi connectivity index (χ0v) is 17.4. The van der Waals surface area contributed by atoms with Crippen molar-refractivity contribution < 1.29 is 4.42 Å². The predicted octanol–water partition coefficient (Wildman–Crippen LogP) is 7.04. The van der Waals surface area contributed by atoms with E-state index in [4.69, 9.17) is 9.40 Å². The zero-order chi connectivity index (χ0) is 20.1. The molecule has 1 unspecified atom stereocenters. The van der Waals surface area contributed by atoms with Gasteiger partial charge in [-0.2, -0.15) is 0 Å². The minimum atomic E-state index is 0.274. The summed E-state index contributed by atoms with van der Waals surface area (Å²) in [6.07, 6.45) is 9.63. The maximum absolute atomic E-state index is 6.54. The Hall–Kier alpha value is -3.33. The Morgan fingerprint density at radius 1 is 1.17 bits per heavy atom. The van der Waals surface area contributed by atoms with E-state index in [1.165, 1.54) is 49.9 Å². The fourth-order valence-electron chi connectivity index (χ4n) is 5.78. The molecule has 2 aliphatic carbocycles. The number of aromatic nitrogens is 2. The van der Waals surface area contributed by atoms with Gasteiger partial charge in [0.05, 0.1) is 5.69 Å². The largest absolute Gasteiger partial charge is 0.456 e. The van der Waals surface area contributed by atoms with Crippen LogP contribution in [0.25, 0.3) is 33.2 Å². The quantitative estimate of drug-likeness (QED) is 0.349. The van der Waals surface area contributed by atoms with E-state index < -0.39 is 0 Å². The molecule has 0 fully saturated rings. The topological polar surface area (TPSA) is 31.0 Å². The van der Waals surface area contributed by atoms with Crippen LogP contribution in [0.2, 0.25) is 0 Å². The van der Waals surface area contributed by atoms with Gasteiger partial charge in [-0.25, -0.2) is 4.98 Å². The average molecular weight is 390 g/mol. The molecule has 0 saturated carbocycles. The summed E-state index contributed by atoms with van der Waals surface area (Å²) in [5, 5.41) is 2.42. The molecule has 3 aliphatic rings. The van der Waals surface area contributed by atoms with E-state index >= 15 is 0 Å². The van der Waals surface area contributed by atoms with Gasteiger partial charge in [-0.1, -0.05) is 51.1 Å². The second-order valence-corrected chi connectivity index (χ2v) is 8.99. The van der Waals surface area contributed by atoms with Gasteiger partial charge < -0.3 is 4.42 Å². The van der Waals surface area contributed by atoms with Gasteiger partial charge in [0, 0.05) is 40.2 Å². The van der Waals surface area contributed by atoms with Gasteiger partial charge in [-0.3, -0.25) is 4.57 Å². The van der Waals surface area contributed by atoms with Crippen LogP contribution in [0.4, 0.5) is 0 Å². The van der Waals surface area contributed by atoms with Crippen LogP contribution in [0.3, 0.4) is 0 Å². The van der Waals surface area contributed by atoms with Crippen molar-refractivity contribution in [3.63, 3.8) is 0 Å². The molecule has 146 valence electrons. The molecule has 0 radical (unpaired) electrons. The molecular weight excluding hydrogens is 368 g/mol. The van der Waals surface area contributed by atoms with Gasteiger partial charge in [0.25, 0.3) is 0 Å². The third-order valence-corrected chi connectivity index (χ3v) is 7.09. The van der Waals surface area contributed by atoms with Crippen LogP contribution >= 0.6 is 0 Å². The summed E-state index contributed by atoms with van der Waals surface area (Å²) < 4.78 is 8.86. The molecule has 4 bridgehead atoms. The van der Waals surface area contributed by atoms with Crippen molar-refractivity contribution in [2.24, 2.45) is 0 Å². The van der Waals surface area contributed by atoms with Crippen LogP contribution in [-0.2, 0) is 0 Å². The molecule has 3 heteroatoms. The summed E-state index contributed by atoms with van der Waals surface area (Å²) in [5.41, 5.74) is 11.5. The molecule has 30 heavy (non-hydrogen) atoms. The lowest BCUT2D eigenvalue weighted by Crippen LogP contribution is -2.24. The summed E-state index contributed by atoms with van der Waals surface area (Å²) >= 11 is 0. The SMILES string of the molecule is CC(C)c1cc2c(oc3ccccc32)c2c1-n1ccnc1C1=C3C=CCC1=C3C2C. The van der Waals surface area contributed by atoms with Gasteiger partial charge in [0.1, 0.15) is 17.0 Å². The molecule has 2 aromatic heterocycles. The number of para-hydroxylation sites is 1. The van der Waals surface area contributed by atoms with Crippen LogP contribution in [0, 0.1) is 0 Å². The molecule has 1 atom stereocenters. The van der Waals surface area contributed by atoms with Crippen LogP contribution < -0.4 is 0 Å². The molecular formula is C27H22N2O. The summed E-state index contributed by atoms with van der Waals surface area (Å²) in [5.74, 6) is 1.74. The first kappa shape index (κ1) is 16.5. The molecule has 7 rings (SSSR count). The van der Waals surface area contributed by atoms with Crippen LogP contribution in [-0.4, -0.2) is 9.55 Å². The number of imidazole rings is 1. The average Bonchev–Trinajstić information content (AvgIpc) is 3.35. The van der Waals surface area contributed by atoms with Gasteiger partial charge in [-0.15, -0.1) is 0 Å². The third-order valence-electron chi connectivity index (χ3n) is 7.09. The van der Waals surface area contributed by atoms with Crippen LogP contribution in [0.1, 0.15) is 56.0 Å². The second-order valence-electron chi connectivity index (χ2n) is 8.99. The summed E-state index contributed by atoms with van der Waals surface area (Å²) in [6, 6.07) is 10.8. The summed E-state index contributed by atoms with van der Waals surface area (Å²) in [4.78, 5) is 4.81. The Labute approximate surface area is 175 Å². The maximum Gasteiger partial charge on any atom is 0.145 e. The van der Waals surface area contributed by atoms with Crippen molar-refractivity contribution in [2.45, 2.75) is 39.0 Å². The smallest absolute Gasteiger partial charge is 0.145 e. The predicted molar refractivity (Wildman–Crippen MR) is 121 cm³/mol. The minimum Gasteiger partial charge on any atom is -0.456 e. The number of furan rings is 1. The van der Waals surface area contributed by atoms with Crippen LogP contribution in [0.5, 0.6) is 0 Å².